The highest BCUT2D eigenvalue weighted by atomic mass is 32.1. The Balaban J connectivity index is 1.50. The van der Waals surface area contributed by atoms with Crippen LogP contribution in [0.3, 0.4) is 0 Å². The first-order chi connectivity index (χ1) is 18.5. The average Bonchev–Trinajstić information content (AvgIpc) is 3.73. The number of nitrogens with zero attached hydrogens (tertiary/aromatic N) is 1. The number of ketones is 1. The van der Waals surface area contributed by atoms with Gasteiger partial charge < -0.3 is 9.47 Å². The highest BCUT2D eigenvalue weighted by molar-refractivity contribution is 7.10. The fourth-order valence-corrected chi connectivity index (χ4v) is 8.20. The monoisotopic (exact) mass is 535 g/mol. The van der Waals surface area contributed by atoms with Crippen LogP contribution in [0.2, 0.25) is 0 Å². The van der Waals surface area contributed by atoms with Crippen LogP contribution in [-0.4, -0.2) is 37.0 Å². The molecule has 3 fully saturated rings. The van der Waals surface area contributed by atoms with Gasteiger partial charge in [-0.3, -0.25) is 19.2 Å². The molecular weight excluding hydrogens is 502 g/mol. The van der Waals surface area contributed by atoms with Gasteiger partial charge in [0, 0.05) is 22.8 Å². The lowest BCUT2D eigenvalue weighted by atomic mass is 9.71. The lowest BCUT2D eigenvalue weighted by molar-refractivity contribution is -0.187. The maximum atomic E-state index is 14.0. The fourth-order valence-electron chi connectivity index (χ4n) is 7.30. The largest absolute Gasteiger partial charge is 0.465 e. The van der Waals surface area contributed by atoms with Crippen LogP contribution in [0.5, 0.6) is 0 Å². The van der Waals surface area contributed by atoms with E-state index in [2.05, 4.69) is 6.08 Å². The van der Waals surface area contributed by atoms with Crippen LogP contribution in [-0.2, 0) is 28.7 Å². The van der Waals surface area contributed by atoms with Gasteiger partial charge in [0.05, 0.1) is 18.9 Å². The first-order valence-corrected chi connectivity index (χ1v) is 14.5. The molecule has 2 heterocycles. The van der Waals surface area contributed by atoms with Crippen molar-refractivity contribution in [1.82, 2.24) is 0 Å². The predicted octanol–water partition coefficient (Wildman–Crippen LogP) is 5.28. The van der Waals surface area contributed by atoms with Crippen LogP contribution in [0.15, 0.2) is 59.5 Å². The molecule has 4 unspecified atom stereocenters. The summed E-state index contributed by atoms with van der Waals surface area (Å²) in [5.41, 5.74) is -0.465. The Hall–Kier alpha value is -2.97. The molecule has 6 rings (SSSR count). The van der Waals surface area contributed by atoms with Gasteiger partial charge in [0.25, 0.3) is 0 Å². The SMILES string of the molecule is CCOC(=O)C1(C(=O)OCC)C[C@H](C2=CC3C4CCC(C4)C3C2=O)ON(c2ccccc2)[C@@H]1c1cccs1. The van der Waals surface area contributed by atoms with Gasteiger partial charge >= 0.3 is 11.9 Å². The van der Waals surface area contributed by atoms with Crippen molar-refractivity contribution in [3.8, 4) is 0 Å². The number of allylic oxidation sites excluding steroid dienone is 1. The van der Waals surface area contributed by atoms with E-state index in [0.717, 1.165) is 24.1 Å². The summed E-state index contributed by atoms with van der Waals surface area (Å²) >= 11 is 1.44. The number of esters is 2. The summed E-state index contributed by atoms with van der Waals surface area (Å²) in [6.45, 7) is 3.68. The molecule has 8 heteroatoms. The number of Topliss-reactive ketones (excluding diaryl/α,β-unsaturated/α-hetero) is 1. The zero-order chi connectivity index (χ0) is 26.4. The normalized spacial score (nSPS) is 31.2. The third-order valence-corrected chi connectivity index (χ3v) is 9.76. The Labute approximate surface area is 226 Å². The lowest BCUT2D eigenvalue weighted by Crippen LogP contribution is -2.59. The number of carbonyl (C=O) groups is 3. The van der Waals surface area contributed by atoms with E-state index in [9.17, 15) is 14.4 Å². The first kappa shape index (κ1) is 25.3. The van der Waals surface area contributed by atoms with E-state index in [1.807, 2.05) is 47.8 Å². The van der Waals surface area contributed by atoms with Crippen LogP contribution in [0.25, 0.3) is 0 Å². The number of carbonyl (C=O) groups excluding carboxylic acids is 3. The quantitative estimate of drug-likeness (QED) is 0.352. The highest BCUT2D eigenvalue weighted by Crippen LogP contribution is 2.59. The van der Waals surface area contributed by atoms with E-state index in [1.165, 1.54) is 11.3 Å². The molecule has 2 bridgehead atoms. The number of rotatable bonds is 7. The molecule has 0 spiro atoms. The zero-order valence-corrected chi connectivity index (χ0v) is 22.5. The van der Waals surface area contributed by atoms with Gasteiger partial charge in [-0.15, -0.1) is 11.3 Å². The number of hydrogen-bond acceptors (Lipinski definition) is 8. The van der Waals surface area contributed by atoms with Crippen molar-refractivity contribution in [1.29, 1.82) is 0 Å². The van der Waals surface area contributed by atoms with Crippen molar-refractivity contribution < 1.29 is 28.7 Å². The number of anilines is 1. The second-order valence-electron chi connectivity index (χ2n) is 10.7. The van der Waals surface area contributed by atoms with Crippen molar-refractivity contribution >= 4 is 34.7 Å². The van der Waals surface area contributed by atoms with Crippen molar-refractivity contribution in [2.45, 2.75) is 51.7 Å². The molecule has 200 valence electrons. The van der Waals surface area contributed by atoms with Gasteiger partial charge in [-0.05, 0) is 74.4 Å². The maximum Gasteiger partial charge on any atom is 0.326 e. The topological polar surface area (TPSA) is 82.1 Å². The summed E-state index contributed by atoms with van der Waals surface area (Å²) < 4.78 is 11.2. The number of hydroxylamine groups is 1. The van der Waals surface area contributed by atoms with E-state index in [4.69, 9.17) is 14.3 Å². The first-order valence-electron chi connectivity index (χ1n) is 13.6. The van der Waals surface area contributed by atoms with Gasteiger partial charge in [-0.2, -0.15) is 0 Å². The van der Waals surface area contributed by atoms with Gasteiger partial charge in [0.1, 0.15) is 12.1 Å². The van der Waals surface area contributed by atoms with Crippen LogP contribution in [0.1, 0.15) is 50.4 Å². The van der Waals surface area contributed by atoms with E-state index in [-0.39, 0.29) is 37.3 Å². The molecular formula is C30H33NO6S. The third kappa shape index (κ3) is 3.83. The molecule has 1 aliphatic heterocycles. The molecule has 1 aromatic heterocycles. The number of para-hydroxylation sites is 1. The Morgan fingerprint density at radius 3 is 2.37 bits per heavy atom. The predicted molar refractivity (Wildman–Crippen MR) is 142 cm³/mol. The highest BCUT2D eigenvalue weighted by Gasteiger charge is 2.64. The van der Waals surface area contributed by atoms with Crippen molar-refractivity contribution in [2.75, 3.05) is 18.3 Å². The van der Waals surface area contributed by atoms with Crippen molar-refractivity contribution in [3.05, 3.63) is 64.4 Å². The van der Waals surface area contributed by atoms with Crippen LogP contribution < -0.4 is 5.06 Å². The van der Waals surface area contributed by atoms with Crippen LogP contribution in [0.4, 0.5) is 5.69 Å². The second-order valence-corrected chi connectivity index (χ2v) is 11.7. The zero-order valence-electron chi connectivity index (χ0n) is 21.7. The van der Waals surface area contributed by atoms with Crippen molar-refractivity contribution in [2.24, 2.45) is 29.1 Å². The minimum absolute atomic E-state index is 0.00729. The molecule has 0 amide bonds. The maximum absolute atomic E-state index is 14.0. The Morgan fingerprint density at radius 1 is 1.03 bits per heavy atom. The Morgan fingerprint density at radius 2 is 1.74 bits per heavy atom. The van der Waals surface area contributed by atoms with Gasteiger partial charge in [-0.25, -0.2) is 5.06 Å². The third-order valence-electron chi connectivity index (χ3n) is 8.84. The minimum atomic E-state index is -1.73. The summed E-state index contributed by atoms with van der Waals surface area (Å²) in [6, 6.07) is 12.4. The summed E-state index contributed by atoms with van der Waals surface area (Å²) in [5, 5.41) is 3.55. The van der Waals surface area contributed by atoms with Gasteiger partial charge in [0.2, 0.25) is 0 Å². The summed E-state index contributed by atoms with van der Waals surface area (Å²) in [6.07, 6.45) is 4.65. The molecule has 0 N–H and O–H groups in total. The Bertz CT molecular complexity index is 1220. The van der Waals surface area contributed by atoms with Crippen LogP contribution >= 0.6 is 11.3 Å². The molecule has 0 radical (unpaired) electrons. The number of hydrogen-bond donors (Lipinski definition) is 0. The molecule has 4 aliphatic rings. The standard InChI is InChI=1S/C30H33NO6S/c1-3-35-28(33)30(29(34)36-4-2)17-23(22-16-21-18-12-13-19(15-18)25(21)26(22)32)37-31(20-9-6-5-7-10-20)27(30)24-11-8-14-38-24/h5-11,14,16,18-19,21,23,25,27H,3-4,12-13,15,17H2,1-2H3/t18?,19?,21?,23-,25?,27-/m1/s1. The molecule has 1 aromatic carbocycles. The van der Waals surface area contributed by atoms with Gasteiger partial charge in [0.15, 0.2) is 11.2 Å². The fraction of sp³-hybridized carbons (Fsp3) is 0.500. The summed E-state index contributed by atoms with van der Waals surface area (Å²) in [4.78, 5) is 49.2. The minimum Gasteiger partial charge on any atom is -0.465 e. The molecule has 38 heavy (non-hydrogen) atoms. The average molecular weight is 536 g/mol. The van der Waals surface area contributed by atoms with E-state index >= 15 is 0 Å². The molecule has 3 aliphatic carbocycles. The Kier molecular flexibility index (Phi) is 6.64. The summed E-state index contributed by atoms with van der Waals surface area (Å²) in [7, 11) is 0. The van der Waals surface area contributed by atoms with Crippen LogP contribution in [0, 0.1) is 29.1 Å². The number of ether oxygens (including phenoxy) is 2. The molecule has 1 saturated heterocycles. The van der Waals surface area contributed by atoms with E-state index in [1.54, 1.807) is 18.9 Å². The second kappa shape index (κ2) is 9.97. The smallest absolute Gasteiger partial charge is 0.326 e. The van der Waals surface area contributed by atoms with Crippen molar-refractivity contribution in [3.63, 3.8) is 0 Å². The van der Waals surface area contributed by atoms with E-state index in [0.29, 0.717) is 23.1 Å². The lowest BCUT2D eigenvalue weighted by Gasteiger charge is -2.49. The van der Waals surface area contributed by atoms with Gasteiger partial charge in [-0.1, -0.05) is 30.3 Å². The van der Waals surface area contributed by atoms with E-state index < -0.39 is 29.5 Å². The number of benzene rings is 1. The molecule has 2 saturated carbocycles. The molecule has 7 nitrogen and oxygen atoms in total. The molecule has 6 atom stereocenters. The summed E-state index contributed by atoms with van der Waals surface area (Å²) in [5.74, 6) is -0.0456. The number of fused-ring (bicyclic) bond motifs is 5. The number of thiophene rings is 1. The molecule has 2 aromatic rings.